The van der Waals surface area contributed by atoms with E-state index in [9.17, 15) is 9.90 Å². The fraction of sp³-hybridized carbons (Fsp3) is 0.192. The average Bonchev–Trinajstić information content (AvgIpc) is 3.55. The maximum Gasteiger partial charge on any atom is 0.326 e. The van der Waals surface area contributed by atoms with Crippen LogP contribution in [-0.2, 0) is 13.1 Å². The molecule has 5 aromatic rings. The lowest BCUT2D eigenvalue weighted by molar-refractivity contribution is 0.454. The highest BCUT2D eigenvalue weighted by molar-refractivity contribution is 5.68. The molecule has 0 unspecified atom stereocenters. The van der Waals surface area contributed by atoms with Crippen molar-refractivity contribution in [1.82, 2.24) is 29.5 Å². The first-order valence-electron chi connectivity index (χ1n) is 12.0. The van der Waals surface area contributed by atoms with Crippen molar-refractivity contribution < 1.29 is 5.11 Å². The predicted molar refractivity (Wildman–Crippen MR) is 138 cm³/mol. The Kier molecular flexibility index (Phi) is 5.73. The van der Waals surface area contributed by atoms with E-state index >= 15 is 0 Å². The number of anilines is 1. The summed E-state index contributed by atoms with van der Waals surface area (Å²) in [5.41, 5.74) is 10.8. The van der Waals surface area contributed by atoms with Crippen molar-refractivity contribution >= 4 is 17.7 Å². The maximum absolute atomic E-state index is 11.6. The second-order valence-electron chi connectivity index (χ2n) is 8.94. The van der Waals surface area contributed by atoms with E-state index in [-0.39, 0.29) is 17.6 Å². The lowest BCUT2D eigenvalue weighted by Crippen LogP contribution is -2.24. The van der Waals surface area contributed by atoms with Crippen LogP contribution in [0.3, 0.4) is 0 Å². The quantitative estimate of drug-likeness (QED) is 0.226. The van der Waals surface area contributed by atoms with Gasteiger partial charge in [-0.15, -0.1) is 0 Å². The van der Waals surface area contributed by atoms with Gasteiger partial charge in [0.05, 0.1) is 12.2 Å². The summed E-state index contributed by atoms with van der Waals surface area (Å²) in [6.07, 6.45) is 5.24. The van der Waals surface area contributed by atoms with Crippen LogP contribution in [0.15, 0.2) is 64.5 Å². The number of imidazole rings is 1. The first kappa shape index (κ1) is 22.7. The highest BCUT2D eigenvalue weighted by atomic mass is 16.3. The van der Waals surface area contributed by atoms with Gasteiger partial charge in [0.15, 0.2) is 5.65 Å². The third-order valence-electron chi connectivity index (χ3n) is 6.21. The van der Waals surface area contributed by atoms with Crippen LogP contribution in [0.2, 0.25) is 0 Å². The number of aromatic amines is 2. The number of fused-ring (bicyclic) bond motifs is 1. The van der Waals surface area contributed by atoms with E-state index in [1.54, 1.807) is 16.8 Å². The second-order valence-corrected chi connectivity index (χ2v) is 8.94. The van der Waals surface area contributed by atoms with Crippen molar-refractivity contribution in [3.8, 4) is 17.0 Å². The van der Waals surface area contributed by atoms with E-state index in [1.165, 1.54) is 0 Å². The number of hydrogen-bond donors (Lipinski definition) is 5. The van der Waals surface area contributed by atoms with Gasteiger partial charge in [-0.2, -0.15) is 19.6 Å². The van der Waals surface area contributed by atoms with E-state index in [4.69, 9.17) is 10.7 Å². The van der Waals surface area contributed by atoms with Gasteiger partial charge in [0.2, 0.25) is 11.8 Å². The summed E-state index contributed by atoms with van der Waals surface area (Å²) in [5.74, 6) is 0.151. The number of nitrogens with two attached hydrogens (primary N) is 1. The van der Waals surface area contributed by atoms with Crippen LogP contribution in [0.4, 0.5) is 5.95 Å². The molecular formula is C26H25N9O2. The number of rotatable bonds is 7. The van der Waals surface area contributed by atoms with Crippen LogP contribution in [0, 0.1) is 0 Å². The van der Waals surface area contributed by atoms with E-state index in [1.807, 2.05) is 24.3 Å². The monoisotopic (exact) mass is 495 g/mol. The summed E-state index contributed by atoms with van der Waals surface area (Å²) in [6.45, 7) is 0.998. The van der Waals surface area contributed by atoms with Gasteiger partial charge >= 0.3 is 5.69 Å². The summed E-state index contributed by atoms with van der Waals surface area (Å²) >= 11 is 0. The molecule has 0 radical (unpaired) electrons. The van der Waals surface area contributed by atoms with Crippen molar-refractivity contribution in [3.63, 3.8) is 0 Å². The summed E-state index contributed by atoms with van der Waals surface area (Å²) in [6, 6.07) is 16.6. The van der Waals surface area contributed by atoms with Crippen LogP contribution in [0.5, 0.6) is 5.88 Å². The van der Waals surface area contributed by atoms with Crippen LogP contribution in [0.25, 0.3) is 22.9 Å². The molecule has 0 atom stereocenters. The molecule has 3 aromatic heterocycles. The molecule has 1 saturated carbocycles. The van der Waals surface area contributed by atoms with Gasteiger partial charge in [0, 0.05) is 18.3 Å². The Morgan fingerprint density at radius 3 is 2.68 bits per heavy atom. The third-order valence-corrected chi connectivity index (χ3v) is 6.21. The smallest absolute Gasteiger partial charge is 0.326 e. The Morgan fingerprint density at radius 1 is 1.14 bits per heavy atom. The fourth-order valence-electron chi connectivity index (χ4n) is 4.11. The van der Waals surface area contributed by atoms with Crippen molar-refractivity contribution in [3.05, 3.63) is 92.9 Å². The first-order chi connectivity index (χ1) is 18.1. The summed E-state index contributed by atoms with van der Waals surface area (Å²) < 4.78 is 1.57. The Labute approximate surface area is 210 Å². The van der Waals surface area contributed by atoms with E-state index in [0.29, 0.717) is 35.5 Å². The molecule has 0 spiro atoms. The molecular weight excluding hydrogens is 470 g/mol. The van der Waals surface area contributed by atoms with Crippen molar-refractivity contribution in [2.75, 3.05) is 5.32 Å². The summed E-state index contributed by atoms with van der Waals surface area (Å²) in [5, 5.41) is 18.3. The molecule has 37 heavy (non-hydrogen) atoms. The second kappa shape index (κ2) is 9.36. The summed E-state index contributed by atoms with van der Waals surface area (Å²) in [7, 11) is 0. The largest absolute Gasteiger partial charge is 0.493 e. The molecule has 0 amide bonds. The Balaban J connectivity index is 1.38. The Hall–Kier alpha value is -4.77. The zero-order valence-electron chi connectivity index (χ0n) is 19.8. The molecule has 0 bridgehead atoms. The van der Waals surface area contributed by atoms with Gasteiger partial charge in [-0.25, -0.2) is 9.79 Å². The van der Waals surface area contributed by atoms with Crippen LogP contribution in [0.1, 0.15) is 29.7 Å². The SMILES string of the molecule is NCc1ccc(-c2ccccc2CNc2nc(=NC3CC3)n3ncc(=Cc4[nH]c(=O)[nH]c4O)c3n2)cc1. The van der Waals surface area contributed by atoms with Gasteiger partial charge in [-0.3, -0.25) is 4.98 Å². The van der Waals surface area contributed by atoms with Crippen molar-refractivity contribution in [1.29, 1.82) is 0 Å². The Morgan fingerprint density at radius 2 is 1.95 bits per heavy atom. The van der Waals surface area contributed by atoms with Gasteiger partial charge in [-0.05, 0) is 41.2 Å². The standard InChI is InChI=1S/C26H25N9O2/c27-12-15-5-7-16(8-6-15)20-4-2-1-3-17(20)13-28-24-32-22-18(11-21-23(36)33-26(37)31-21)14-29-35(22)25(34-24)30-19-9-10-19/h1-8,11,14,19,36H,9-10,12-13,27H2,(H,28,30,34)(H2,31,33,37). The zero-order chi connectivity index (χ0) is 25.4. The van der Waals surface area contributed by atoms with Crippen LogP contribution < -0.4 is 27.6 Å². The zero-order valence-corrected chi connectivity index (χ0v) is 19.8. The first-order valence-corrected chi connectivity index (χ1v) is 12.0. The molecule has 3 heterocycles. The van der Waals surface area contributed by atoms with Gasteiger partial charge < -0.3 is 21.1 Å². The minimum Gasteiger partial charge on any atom is -0.493 e. The van der Waals surface area contributed by atoms with Crippen LogP contribution >= 0.6 is 0 Å². The van der Waals surface area contributed by atoms with Crippen molar-refractivity contribution in [2.45, 2.75) is 32.0 Å². The molecule has 1 fully saturated rings. The number of aromatic nitrogens is 6. The summed E-state index contributed by atoms with van der Waals surface area (Å²) in [4.78, 5) is 30.4. The minimum absolute atomic E-state index is 0.227. The lowest BCUT2D eigenvalue weighted by Gasteiger charge is -2.11. The van der Waals surface area contributed by atoms with Crippen molar-refractivity contribution in [2.24, 2.45) is 10.7 Å². The molecule has 0 saturated heterocycles. The van der Waals surface area contributed by atoms with E-state index in [2.05, 4.69) is 54.6 Å². The number of benzene rings is 2. The van der Waals surface area contributed by atoms with E-state index < -0.39 is 5.69 Å². The maximum atomic E-state index is 11.6. The predicted octanol–water partition coefficient (Wildman–Crippen LogP) is 1.19. The van der Waals surface area contributed by atoms with Gasteiger partial charge in [0.25, 0.3) is 5.62 Å². The number of nitrogens with zero attached hydrogens (tertiary/aromatic N) is 5. The molecule has 6 rings (SSSR count). The molecule has 2 aromatic carbocycles. The highest BCUT2D eigenvalue weighted by Gasteiger charge is 2.21. The molecule has 1 aliphatic rings. The molecule has 11 heteroatoms. The topological polar surface area (TPSA) is 162 Å². The lowest BCUT2D eigenvalue weighted by atomic mass is 9.98. The van der Waals surface area contributed by atoms with Gasteiger partial charge in [0.1, 0.15) is 5.69 Å². The number of nitrogens with one attached hydrogen (secondary N) is 3. The number of hydrogen-bond acceptors (Lipinski definition) is 8. The van der Waals surface area contributed by atoms with Crippen LogP contribution in [-0.4, -0.2) is 40.7 Å². The normalized spacial score (nSPS) is 14.5. The Bertz CT molecular complexity index is 1760. The fourth-order valence-corrected chi connectivity index (χ4v) is 4.11. The molecule has 6 N–H and O–H groups in total. The molecule has 1 aliphatic carbocycles. The average molecular weight is 496 g/mol. The number of H-pyrrole nitrogens is 2. The third kappa shape index (κ3) is 4.71. The molecule has 0 aliphatic heterocycles. The van der Waals surface area contributed by atoms with E-state index in [0.717, 1.165) is 35.1 Å². The minimum atomic E-state index is -0.502. The molecule has 186 valence electrons. The number of aromatic hydroxyl groups is 1. The highest BCUT2D eigenvalue weighted by Crippen LogP contribution is 2.25. The van der Waals surface area contributed by atoms with Gasteiger partial charge in [-0.1, -0.05) is 48.5 Å². The molecule has 11 nitrogen and oxygen atoms in total.